The summed E-state index contributed by atoms with van der Waals surface area (Å²) in [5, 5.41) is 3.74. The fourth-order valence-corrected chi connectivity index (χ4v) is 7.16. The fraction of sp³-hybridized carbons (Fsp3) is 0.222. The number of nitrogens with zero attached hydrogens (tertiary/aromatic N) is 1. The molecule has 1 aliphatic carbocycles. The van der Waals surface area contributed by atoms with E-state index < -0.39 is 10.0 Å². The monoisotopic (exact) mass is 472 g/mol. The Morgan fingerprint density at radius 2 is 1.76 bits per heavy atom. The number of sulfonamides is 1. The number of benzene rings is 3. The fourth-order valence-electron chi connectivity index (χ4n) is 5.22. The SMILES string of the molecule is O=C(NC[C@@H]1[C@@H]2C[C@@H]2CN1S(=O)(=O)c1ccccc1-c1ccccc1)c1cccc2occc12. The first kappa shape index (κ1) is 21.1. The van der Waals surface area contributed by atoms with E-state index in [2.05, 4.69) is 5.32 Å². The highest BCUT2D eigenvalue weighted by Gasteiger charge is 2.56. The molecule has 1 aromatic heterocycles. The summed E-state index contributed by atoms with van der Waals surface area (Å²) in [4.78, 5) is 13.3. The van der Waals surface area contributed by atoms with Crippen molar-refractivity contribution in [2.45, 2.75) is 17.4 Å². The van der Waals surface area contributed by atoms with E-state index in [9.17, 15) is 13.2 Å². The van der Waals surface area contributed by atoms with Gasteiger partial charge in [-0.1, -0.05) is 54.6 Å². The number of carbonyl (C=O) groups is 1. The van der Waals surface area contributed by atoms with Gasteiger partial charge >= 0.3 is 0 Å². The predicted octanol–water partition coefficient (Wildman–Crippen LogP) is 4.54. The first-order valence-electron chi connectivity index (χ1n) is 11.4. The van der Waals surface area contributed by atoms with Crippen LogP contribution in [0.5, 0.6) is 0 Å². The molecule has 1 N–H and O–H groups in total. The molecule has 1 saturated heterocycles. The summed E-state index contributed by atoms with van der Waals surface area (Å²) >= 11 is 0. The van der Waals surface area contributed by atoms with Gasteiger partial charge in [0.1, 0.15) is 5.58 Å². The van der Waals surface area contributed by atoms with Crippen molar-refractivity contribution < 1.29 is 17.6 Å². The third-order valence-corrected chi connectivity index (χ3v) is 8.98. The third-order valence-electron chi connectivity index (χ3n) is 7.03. The lowest BCUT2D eigenvalue weighted by atomic mass is 10.1. The van der Waals surface area contributed by atoms with E-state index in [4.69, 9.17) is 4.42 Å². The number of amides is 1. The third kappa shape index (κ3) is 3.52. The minimum atomic E-state index is -3.74. The molecule has 2 heterocycles. The molecule has 2 fully saturated rings. The van der Waals surface area contributed by atoms with E-state index in [-0.39, 0.29) is 24.4 Å². The van der Waals surface area contributed by atoms with Crippen molar-refractivity contribution in [3.05, 3.63) is 90.7 Å². The van der Waals surface area contributed by atoms with Crippen molar-refractivity contribution in [1.29, 1.82) is 0 Å². The Kier molecular flexibility index (Phi) is 5.04. The highest BCUT2D eigenvalue weighted by atomic mass is 32.2. The van der Waals surface area contributed by atoms with Gasteiger partial charge in [0.15, 0.2) is 0 Å². The number of fused-ring (bicyclic) bond motifs is 2. The molecule has 0 radical (unpaired) electrons. The molecule has 7 heteroatoms. The van der Waals surface area contributed by atoms with Crippen LogP contribution in [0.25, 0.3) is 22.1 Å². The second kappa shape index (κ2) is 8.11. The lowest BCUT2D eigenvalue weighted by molar-refractivity contribution is 0.0946. The van der Waals surface area contributed by atoms with E-state index in [0.29, 0.717) is 34.1 Å². The average Bonchev–Trinajstić information content (AvgIpc) is 3.29. The average molecular weight is 473 g/mol. The standard InChI is InChI=1S/C27H24N2O4S/c30-27(22-10-6-11-25-21(22)13-14-33-25)28-16-24-23-15-19(23)17-29(24)34(31,32)26-12-5-4-9-20(26)18-7-2-1-3-8-18/h1-14,19,23-24H,15-17H2,(H,28,30)/t19-,23-,24-/m1/s1. The summed E-state index contributed by atoms with van der Waals surface area (Å²) in [5.41, 5.74) is 2.74. The zero-order valence-corrected chi connectivity index (χ0v) is 19.2. The zero-order valence-electron chi connectivity index (χ0n) is 18.4. The molecule has 0 bridgehead atoms. The quantitative estimate of drug-likeness (QED) is 0.447. The summed E-state index contributed by atoms with van der Waals surface area (Å²) in [6.45, 7) is 0.773. The molecule has 34 heavy (non-hydrogen) atoms. The number of rotatable bonds is 6. The minimum Gasteiger partial charge on any atom is -0.464 e. The molecule has 172 valence electrons. The number of piperidine rings is 1. The van der Waals surface area contributed by atoms with Crippen LogP contribution in [0.4, 0.5) is 0 Å². The number of furan rings is 1. The van der Waals surface area contributed by atoms with Crippen LogP contribution in [0.15, 0.2) is 94.4 Å². The Hall–Kier alpha value is -3.42. The van der Waals surface area contributed by atoms with Gasteiger partial charge < -0.3 is 9.73 Å². The largest absolute Gasteiger partial charge is 0.464 e. The summed E-state index contributed by atoms with van der Waals surface area (Å²) < 4.78 is 34.7. The predicted molar refractivity (Wildman–Crippen MR) is 130 cm³/mol. The van der Waals surface area contributed by atoms with E-state index in [1.165, 1.54) is 0 Å². The molecule has 3 atom stereocenters. The molecule has 2 aliphatic rings. The van der Waals surface area contributed by atoms with Crippen LogP contribution in [0.1, 0.15) is 16.8 Å². The Labute approximate surface area is 198 Å². The summed E-state index contributed by atoms with van der Waals surface area (Å²) in [6, 6.07) is 23.6. The maximum atomic E-state index is 13.9. The molecule has 6 nitrogen and oxygen atoms in total. The number of hydrogen-bond acceptors (Lipinski definition) is 4. The summed E-state index contributed by atoms with van der Waals surface area (Å²) in [5.74, 6) is 0.416. The molecule has 4 aromatic rings. The molecule has 3 aromatic carbocycles. The first-order chi connectivity index (χ1) is 16.5. The van der Waals surface area contributed by atoms with E-state index >= 15 is 0 Å². The molecule has 6 rings (SSSR count). The Bertz CT molecular complexity index is 1480. The zero-order chi connectivity index (χ0) is 23.3. The second-order valence-electron chi connectivity index (χ2n) is 9.01. The molecule has 1 amide bonds. The highest BCUT2D eigenvalue weighted by Crippen LogP contribution is 2.51. The highest BCUT2D eigenvalue weighted by molar-refractivity contribution is 7.89. The molecule has 0 unspecified atom stereocenters. The van der Waals surface area contributed by atoms with Gasteiger partial charge in [0.05, 0.1) is 16.7 Å². The Morgan fingerprint density at radius 1 is 0.971 bits per heavy atom. The van der Waals surface area contributed by atoms with E-state index in [1.807, 2.05) is 48.5 Å². The molecular formula is C27H24N2O4S. The van der Waals surface area contributed by atoms with Crippen molar-refractivity contribution >= 4 is 26.9 Å². The molecule has 0 spiro atoms. The van der Waals surface area contributed by atoms with Gasteiger partial charge in [0, 0.05) is 30.1 Å². The molecule has 1 saturated carbocycles. The minimum absolute atomic E-state index is 0.224. The van der Waals surface area contributed by atoms with Gasteiger partial charge in [-0.3, -0.25) is 4.79 Å². The lowest BCUT2D eigenvalue weighted by Gasteiger charge is -2.28. The van der Waals surface area contributed by atoms with Gasteiger partial charge in [0.2, 0.25) is 10.0 Å². The van der Waals surface area contributed by atoms with Gasteiger partial charge in [-0.05, 0) is 48.1 Å². The van der Waals surface area contributed by atoms with Gasteiger partial charge in [-0.15, -0.1) is 0 Å². The van der Waals surface area contributed by atoms with Gasteiger partial charge in [0.25, 0.3) is 5.91 Å². The van der Waals surface area contributed by atoms with Crippen LogP contribution in [-0.4, -0.2) is 37.8 Å². The number of hydrogen-bond donors (Lipinski definition) is 1. The Balaban J connectivity index is 1.27. The summed E-state index contributed by atoms with van der Waals surface area (Å²) in [7, 11) is -3.74. The normalized spacial score (nSPS) is 21.9. The van der Waals surface area contributed by atoms with Gasteiger partial charge in [-0.2, -0.15) is 4.31 Å². The first-order valence-corrected chi connectivity index (χ1v) is 12.9. The number of nitrogens with one attached hydrogen (secondary N) is 1. The van der Waals surface area contributed by atoms with Crippen molar-refractivity contribution in [2.75, 3.05) is 13.1 Å². The van der Waals surface area contributed by atoms with E-state index in [0.717, 1.165) is 17.4 Å². The second-order valence-corrected chi connectivity index (χ2v) is 10.9. The van der Waals surface area contributed by atoms with Crippen molar-refractivity contribution in [3.63, 3.8) is 0 Å². The maximum absolute atomic E-state index is 13.9. The van der Waals surface area contributed by atoms with Crippen molar-refractivity contribution in [1.82, 2.24) is 9.62 Å². The van der Waals surface area contributed by atoms with Crippen molar-refractivity contribution in [3.8, 4) is 11.1 Å². The van der Waals surface area contributed by atoms with Crippen LogP contribution in [0.2, 0.25) is 0 Å². The Morgan fingerprint density at radius 3 is 2.62 bits per heavy atom. The van der Waals surface area contributed by atoms with Crippen LogP contribution < -0.4 is 5.32 Å². The van der Waals surface area contributed by atoms with Crippen molar-refractivity contribution in [2.24, 2.45) is 11.8 Å². The topological polar surface area (TPSA) is 79.6 Å². The maximum Gasteiger partial charge on any atom is 0.252 e. The van der Waals surface area contributed by atoms with Gasteiger partial charge in [-0.25, -0.2) is 8.42 Å². The molecule has 1 aliphatic heterocycles. The summed E-state index contributed by atoms with van der Waals surface area (Å²) in [6.07, 6.45) is 2.57. The van der Waals surface area contributed by atoms with Crippen LogP contribution in [0, 0.1) is 11.8 Å². The van der Waals surface area contributed by atoms with Crippen LogP contribution in [0.3, 0.4) is 0 Å². The van der Waals surface area contributed by atoms with E-state index in [1.54, 1.807) is 40.9 Å². The number of carbonyl (C=O) groups excluding carboxylic acids is 1. The van der Waals surface area contributed by atoms with Crippen LogP contribution in [-0.2, 0) is 10.0 Å². The smallest absolute Gasteiger partial charge is 0.252 e. The molecular weight excluding hydrogens is 448 g/mol. The lowest BCUT2D eigenvalue weighted by Crippen LogP contribution is -2.45. The van der Waals surface area contributed by atoms with Crippen LogP contribution >= 0.6 is 0 Å².